The van der Waals surface area contributed by atoms with Crippen LogP contribution in [0.5, 0.6) is 0 Å². The number of aliphatic hydroxyl groups is 1. The maximum atomic E-state index is 12.4. The second-order valence-electron chi connectivity index (χ2n) is 5.65. The highest BCUT2D eigenvalue weighted by molar-refractivity contribution is 7.14. The van der Waals surface area contributed by atoms with Gasteiger partial charge in [0.05, 0.1) is 11.7 Å². The molecule has 0 radical (unpaired) electrons. The summed E-state index contributed by atoms with van der Waals surface area (Å²) in [7, 11) is 0. The molecule has 1 N–H and O–H groups in total. The summed E-state index contributed by atoms with van der Waals surface area (Å²) in [6.07, 6.45) is 1.04. The molecule has 1 aliphatic rings. The van der Waals surface area contributed by atoms with Crippen molar-refractivity contribution in [1.29, 1.82) is 0 Å². The van der Waals surface area contributed by atoms with Crippen LogP contribution in [0, 0.1) is 5.41 Å². The second-order valence-corrected chi connectivity index (χ2v) is 7.16. The SMILES string of the molecule is CC1(C)CC(O)CCN(C(=O)c2ccsc2Cl)C1. The fourth-order valence-corrected chi connectivity index (χ4v) is 3.40. The first-order valence-corrected chi connectivity index (χ1v) is 7.35. The predicted molar refractivity (Wildman–Crippen MR) is 74.3 cm³/mol. The van der Waals surface area contributed by atoms with Crippen LogP contribution in [0.4, 0.5) is 0 Å². The summed E-state index contributed by atoms with van der Waals surface area (Å²) in [5, 5.41) is 11.7. The predicted octanol–water partition coefficient (Wildman–Crippen LogP) is 3.02. The average Bonchev–Trinajstić information content (AvgIpc) is 2.62. The minimum Gasteiger partial charge on any atom is -0.393 e. The molecule has 0 saturated carbocycles. The molecule has 100 valence electrons. The number of carbonyl (C=O) groups is 1. The smallest absolute Gasteiger partial charge is 0.256 e. The molecule has 0 aromatic carbocycles. The van der Waals surface area contributed by atoms with Gasteiger partial charge < -0.3 is 10.0 Å². The van der Waals surface area contributed by atoms with E-state index in [2.05, 4.69) is 13.8 Å². The molecule has 1 unspecified atom stereocenters. The highest BCUT2D eigenvalue weighted by Crippen LogP contribution is 2.31. The second kappa shape index (κ2) is 5.19. The van der Waals surface area contributed by atoms with Crippen LogP contribution in [0.15, 0.2) is 11.4 Å². The number of thiophene rings is 1. The Balaban J connectivity index is 2.18. The zero-order valence-electron chi connectivity index (χ0n) is 10.6. The third-order valence-corrected chi connectivity index (χ3v) is 4.44. The van der Waals surface area contributed by atoms with Crippen molar-refractivity contribution in [2.24, 2.45) is 5.41 Å². The van der Waals surface area contributed by atoms with E-state index in [0.29, 0.717) is 29.4 Å². The molecule has 0 spiro atoms. The van der Waals surface area contributed by atoms with Crippen LogP contribution in [0.25, 0.3) is 0 Å². The van der Waals surface area contributed by atoms with E-state index < -0.39 is 0 Å². The molecule has 2 heterocycles. The molecule has 18 heavy (non-hydrogen) atoms. The van der Waals surface area contributed by atoms with Gasteiger partial charge in [-0.25, -0.2) is 0 Å². The molecule has 3 nitrogen and oxygen atoms in total. The van der Waals surface area contributed by atoms with Crippen LogP contribution in [0.2, 0.25) is 4.34 Å². The number of likely N-dealkylation sites (tertiary alicyclic amines) is 1. The first kappa shape index (κ1) is 13.8. The van der Waals surface area contributed by atoms with E-state index in [1.54, 1.807) is 6.07 Å². The summed E-state index contributed by atoms with van der Waals surface area (Å²) in [6.45, 7) is 5.42. The number of hydrogen-bond acceptors (Lipinski definition) is 3. The van der Waals surface area contributed by atoms with Gasteiger partial charge in [-0.3, -0.25) is 4.79 Å². The third-order valence-electron chi connectivity index (χ3n) is 3.27. The summed E-state index contributed by atoms with van der Waals surface area (Å²) in [5.74, 6) is -0.0246. The minimum atomic E-state index is -0.323. The van der Waals surface area contributed by atoms with Gasteiger partial charge in [-0.05, 0) is 29.7 Å². The Bertz CT molecular complexity index is 444. The molecule has 2 rings (SSSR count). The summed E-state index contributed by atoms with van der Waals surface area (Å²) in [6, 6.07) is 1.77. The van der Waals surface area contributed by atoms with Gasteiger partial charge in [-0.2, -0.15) is 0 Å². The van der Waals surface area contributed by atoms with E-state index >= 15 is 0 Å². The molecule has 0 bridgehead atoms. The zero-order chi connectivity index (χ0) is 13.3. The van der Waals surface area contributed by atoms with Crippen molar-refractivity contribution in [3.05, 3.63) is 21.3 Å². The van der Waals surface area contributed by atoms with E-state index in [1.807, 2.05) is 10.3 Å². The monoisotopic (exact) mass is 287 g/mol. The molecular formula is C13H18ClNO2S. The van der Waals surface area contributed by atoms with Crippen LogP contribution in [-0.4, -0.2) is 35.1 Å². The lowest BCUT2D eigenvalue weighted by Gasteiger charge is -2.29. The Morgan fingerprint density at radius 2 is 2.33 bits per heavy atom. The van der Waals surface area contributed by atoms with Crippen molar-refractivity contribution >= 4 is 28.8 Å². The topological polar surface area (TPSA) is 40.5 Å². The van der Waals surface area contributed by atoms with E-state index in [9.17, 15) is 9.90 Å². The highest BCUT2D eigenvalue weighted by Gasteiger charge is 2.32. The van der Waals surface area contributed by atoms with Gasteiger partial charge in [0.15, 0.2) is 0 Å². The molecule has 0 aliphatic carbocycles. The van der Waals surface area contributed by atoms with Gasteiger partial charge in [-0.1, -0.05) is 25.4 Å². The van der Waals surface area contributed by atoms with Crippen molar-refractivity contribution < 1.29 is 9.90 Å². The van der Waals surface area contributed by atoms with E-state index in [0.717, 1.165) is 6.42 Å². The average molecular weight is 288 g/mol. The quantitative estimate of drug-likeness (QED) is 0.862. The van der Waals surface area contributed by atoms with E-state index in [1.165, 1.54) is 11.3 Å². The Morgan fingerprint density at radius 1 is 1.61 bits per heavy atom. The number of rotatable bonds is 1. The lowest BCUT2D eigenvalue weighted by Crippen LogP contribution is -2.37. The molecule has 1 saturated heterocycles. The van der Waals surface area contributed by atoms with Gasteiger partial charge >= 0.3 is 0 Å². The maximum Gasteiger partial charge on any atom is 0.256 e. The molecule has 1 aliphatic heterocycles. The zero-order valence-corrected chi connectivity index (χ0v) is 12.2. The van der Waals surface area contributed by atoms with Crippen molar-refractivity contribution in [2.45, 2.75) is 32.8 Å². The molecule has 1 atom stereocenters. The number of hydrogen-bond donors (Lipinski definition) is 1. The van der Waals surface area contributed by atoms with Gasteiger partial charge in [-0.15, -0.1) is 11.3 Å². The van der Waals surface area contributed by atoms with Crippen molar-refractivity contribution in [1.82, 2.24) is 4.90 Å². The Labute approximate surface area is 116 Å². The van der Waals surface area contributed by atoms with Crippen LogP contribution in [-0.2, 0) is 0 Å². The first-order chi connectivity index (χ1) is 8.39. The number of carbonyl (C=O) groups excluding carboxylic acids is 1. The van der Waals surface area contributed by atoms with E-state index in [4.69, 9.17) is 11.6 Å². The highest BCUT2D eigenvalue weighted by atomic mass is 35.5. The molecular weight excluding hydrogens is 270 g/mol. The van der Waals surface area contributed by atoms with Crippen molar-refractivity contribution in [3.8, 4) is 0 Å². The molecule has 1 fully saturated rings. The number of amides is 1. The summed E-state index contributed by atoms with van der Waals surface area (Å²) >= 11 is 7.39. The third kappa shape index (κ3) is 3.05. The lowest BCUT2D eigenvalue weighted by atomic mass is 9.87. The summed E-state index contributed by atoms with van der Waals surface area (Å²) in [4.78, 5) is 14.2. The van der Waals surface area contributed by atoms with Crippen molar-refractivity contribution in [2.75, 3.05) is 13.1 Å². The number of aliphatic hydroxyl groups excluding tert-OH is 1. The Kier molecular flexibility index (Phi) is 3.99. The molecule has 5 heteroatoms. The van der Waals surface area contributed by atoms with Crippen LogP contribution >= 0.6 is 22.9 Å². The summed E-state index contributed by atoms with van der Waals surface area (Å²) < 4.78 is 0.544. The molecule has 1 aromatic heterocycles. The fraction of sp³-hybridized carbons (Fsp3) is 0.615. The maximum absolute atomic E-state index is 12.4. The number of nitrogens with zero attached hydrogens (tertiary/aromatic N) is 1. The Hall–Kier alpha value is -0.580. The van der Waals surface area contributed by atoms with Crippen LogP contribution in [0.3, 0.4) is 0 Å². The van der Waals surface area contributed by atoms with Gasteiger partial charge in [0.1, 0.15) is 4.34 Å². The molecule has 1 amide bonds. The largest absolute Gasteiger partial charge is 0.393 e. The first-order valence-electron chi connectivity index (χ1n) is 6.09. The fourth-order valence-electron chi connectivity index (χ4n) is 2.49. The van der Waals surface area contributed by atoms with Crippen LogP contribution < -0.4 is 0 Å². The normalized spacial score (nSPS) is 23.8. The van der Waals surface area contributed by atoms with Gasteiger partial charge in [0.25, 0.3) is 5.91 Å². The lowest BCUT2D eigenvalue weighted by molar-refractivity contribution is 0.0705. The van der Waals surface area contributed by atoms with Crippen LogP contribution in [0.1, 0.15) is 37.0 Å². The summed E-state index contributed by atoms with van der Waals surface area (Å²) in [5.41, 5.74) is 0.516. The van der Waals surface area contributed by atoms with E-state index in [-0.39, 0.29) is 17.4 Å². The van der Waals surface area contributed by atoms with Gasteiger partial charge in [0, 0.05) is 13.1 Å². The standard InChI is InChI=1S/C13H18ClNO2S/c1-13(2)7-9(16)3-5-15(8-13)12(17)10-4-6-18-11(10)14/h4,6,9,16H,3,5,7-8H2,1-2H3. The molecule has 1 aromatic rings. The Morgan fingerprint density at radius 3 is 2.94 bits per heavy atom. The van der Waals surface area contributed by atoms with Crippen molar-refractivity contribution in [3.63, 3.8) is 0 Å². The van der Waals surface area contributed by atoms with Gasteiger partial charge in [0.2, 0.25) is 0 Å². The minimum absolute atomic E-state index is 0.0246. The number of halogens is 1.